The molecule has 0 aliphatic rings. The highest BCUT2D eigenvalue weighted by Gasteiger charge is 2.24. The van der Waals surface area contributed by atoms with E-state index in [0.29, 0.717) is 5.56 Å². The Morgan fingerprint density at radius 3 is 2.00 bits per heavy atom. The van der Waals surface area contributed by atoms with Gasteiger partial charge in [0.25, 0.3) is 0 Å². The number of carbonyl (C=O) groups excluding carboxylic acids is 1. The van der Waals surface area contributed by atoms with Gasteiger partial charge < -0.3 is 0 Å². The molecular weight excluding hydrogens is 242 g/mol. The smallest absolute Gasteiger partial charge is 0.244 e. The number of para-hydroxylation sites is 1. The topological polar surface area (TPSA) is 35.5 Å². The maximum absolute atomic E-state index is 11.8. The summed E-state index contributed by atoms with van der Waals surface area (Å²) in [6.45, 7) is 0. The van der Waals surface area contributed by atoms with Gasteiger partial charge in [-0.3, -0.25) is 0 Å². The largest absolute Gasteiger partial charge is 0.379 e. The lowest BCUT2D eigenvalue weighted by Gasteiger charge is -2.22. The molecule has 2 aromatic carbocycles. The Hall–Kier alpha value is -2.17. The average Bonchev–Trinajstić information content (AvgIpc) is 2.47. The first-order valence-electron chi connectivity index (χ1n) is 5.95. The van der Waals surface area contributed by atoms with Crippen molar-refractivity contribution in [3.05, 3.63) is 66.2 Å². The zero-order valence-electron chi connectivity index (χ0n) is 10.9. The minimum Gasteiger partial charge on any atom is -0.244 e. The highest BCUT2D eigenvalue weighted by Crippen LogP contribution is 2.19. The molecule has 0 saturated carbocycles. The van der Waals surface area contributed by atoms with Gasteiger partial charge in [0.05, 0.1) is 5.56 Å². The summed E-state index contributed by atoms with van der Waals surface area (Å²) in [6.07, 6.45) is 0. The first-order valence-corrected chi connectivity index (χ1v) is 5.95. The normalized spacial score (nSPS) is 11.1. The molecule has 0 aliphatic carbocycles. The van der Waals surface area contributed by atoms with Gasteiger partial charge in [-0.05, 0) is 12.1 Å². The Balaban J connectivity index is 2.01. The molecule has 0 bridgehead atoms. The Kier molecular flexibility index (Phi) is 3.94. The van der Waals surface area contributed by atoms with Crippen LogP contribution in [0.3, 0.4) is 0 Å². The van der Waals surface area contributed by atoms with Crippen molar-refractivity contribution in [1.29, 1.82) is 0 Å². The number of rotatable bonds is 4. The third-order valence-corrected chi connectivity index (χ3v) is 2.69. The zero-order chi connectivity index (χ0) is 13.7. The zero-order valence-corrected chi connectivity index (χ0v) is 10.9. The summed E-state index contributed by atoms with van der Waals surface area (Å²) in [4.78, 5) is 21.9. The first kappa shape index (κ1) is 13.3. The van der Waals surface area contributed by atoms with E-state index < -0.39 is 5.97 Å². The molecule has 0 spiro atoms. The number of hydroxylamine groups is 2. The van der Waals surface area contributed by atoms with Crippen LogP contribution in [0, 0.1) is 0 Å². The lowest BCUT2D eigenvalue weighted by molar-refractivity contribution is -0.362. The SMILES string of the molecule is C[N+](C)(OOC(=O)c1ccccc1)c1ccccc1. The van der Waals surface area contributed by atoms with Crippen molar-refractivity contribution in [2.24, 2.45) is 0 Å². The van der Waals surface area contributed by atoms with E-state index in [0.717, 1.165) is 5.69 Å². The fourth-order valence-corrected chi connectivity index (χ4v) is 1.58. The predicted molar refractivity (Wildman–Crippen MR) is 73.0 cm³/mol. The molecule has 19 heavy (non-hydrogen) atoms. The minimum atomic E-state index is -0.511. The van der Waals surface area contributed by atoms with Crippen LogP contribution in [0.15, 0.2) is 60.7 Å². The summed E-state index contributed by atoms with van der Waals surface area (Å²) in [6, 6.07) is 18.2. The van der Waals surface area contributed by atoms with Gasteiger partial charge in [0, 0.05) is 17.1 Å². The summed E-state index contributed by atoms with van der Waals surface area (Å²) in [5.41, 5.74) is 1.33. The summed E-state index contributed by atoms with van der Waals surface area (Å²) in [5.74, 6) is -0.511. The maximum Gasteiger partial charge on any atom is 0.379 e. The van der Waals surface area contributed by atoms with Crippen LogP contribution >= 0.6 is 0 Å². The number of carbonyl (C=O) groups is 1. The van der Waals surface area contributed by atoms with Gasteiger partial charge >= 0.3 is 5.97 Å². The number of quaternary nitrogens is 1. The van der Waals surface area contributed by atoms with Crippen molar-refractivity contribution in [3.8, 4) is 0 Å². The molecule has 0 atom stereocenters. The average molecular weight is 258 g/mol. The highest BCUT2D eigenvalue weighted by atomic mass is 17.3. The molecule has 4 nitrogen and oxygen atoms in total. The van der Waals surface area contributed by atoms with Crippen molar-refractivity contribution >= 4 is 11.7 Å². The van der Waals surface area contributed by atoms with Crippen LogP contribution in [0.25, 0.3) is 0 Å². The quantitative estimate of drug-likeness (QED) is 0.480. The Bertz CT molecular complexity index is 538. The van der Waals surface area contributed by atoms with Gasteiger partial charge in [0.2, 0.25) is 0 Å². The fourth-order valence-electron chi connectivity index (χ4n) is 1.58. The monoisotopic (exact) mass is 258 g/mol. The van der Waals surface area contributed by atoms with Crippen molar-refractivity contribution in [2.45, 2.75) is 0 Å². The summed E-state index contributed by atoms with van der Waals surface area (Å²) < 4.78 is -0.000582. The molecule has 2 aromatic rings. The third kappa shape index (κ3) is 3.40. The van der Waals surface area contributed by atoms with Gasteiger partial charge in [-0.25, -0.2) is 9.68 Å². The predicted octanol–water partition coefficient (Wildman–Crippen LogP) is 2.96. The summed E-state index contributed by atoms with van der Waals surface area (Å²) >= 11 is 0. The summed E-state index contributed by atoms with van der Waals surface area (Å²) in [5, 5.41) is 0. The Morgan fingerprint density at radius 1 is 0.895 bits per heavy atom. The molecule has 0 amide bonds. The number of nitrogens with zero attached hydrogens (tertiary/aromatic N) is 1. The molecule has 0 fully saturated rings. The molecule has 98 valence electrons. The molecule has 4 heteroatoms. The second-order valence-corrected chi connectivity index (χ2v) is 4.50. The van der Waals surface area contributed by atoms with Gasteiger partial charge in [-0.1, -0.05) is 36.4 Å². The molecular formula is C15H16NO3+. The number of hydrogen-bond acceptors (Lipinski definition) is 3. The van der Waals surface area contributed by atoms with Gasteiger partial charge in [-0.15, -0.1) is 4.65 Å². The van der Waals surface area contributed by atoms with Gasteiger partial charge in [-0.2, -0.15) is 0 Å². The van der Waals surface area contributed by atoms with Crippen LogP contribution < -0.4 is 4.65 Å². The lowest BCUT2D eigenvalue weighted by atomic mass is 10.2. The molecule has 0 saturated heterocycles. The molecule has 0 heterocycles. The van der Waals surface area contributed by atoms with Gasteiger partial charge in [0.15, 0.2) is 5.69 Å². The molecule has 0 N–H and O–H groups in total. The Labute approximate surface area is 112 Å². The van der Waals surface area contributed by atoms with E-state index in [4.69, 9.17) is 9.88 Å². The van der Waals surface area contributed by atoms with E-state index in [-0.39, 0.29) is 4.65 Å². The minimum absolute atomic E-state index is 0.000582. The van der Waals surface area contributed by atoms with E-state index in [1.54, 1.807) is 38.4 Å². The highest BCUT2D eigenvalue weighted by molar-refractivity contribution is 5.88. The van der Waals surface area contributed by atoms with Crippen LogP contribution in [0.5, 0.6) is 0 Å². The summed E-state index contributed by atoms with van der Waals surface area (Å²) in [7, 11) is 3.57. The van der Waals surface area contributed by atoms with E-state index in [9.17, 15) is 4.79 Å². The van der Waals surface area contributed by atoms with E-state index >= 15 is 0 Å². The van der Waals surface area contributed by atoms with Crippen LogP contribution in [0.1, 0.15) is 10.4 Å². The van der Waals surface area contributed by atoms with E-state index in [2.05, 4.69) is 0 Å². The number of hydrogen-bond donors (Lipinski definition) is 0. The molecule has 0 aliphatic heterocycles. The Morgan fingerprint density at radius 2 is 1.42 bits per heavy atom. The fraction of sp³-hybridized carbons (Fsp3) is 0.133. The lowest BCUT2D eigenvalue weighted by Crippen LogP contribution is -2.41. The molecule has 0 unspecified atom stereocenters. The number of benzene rings is 2. The van der Waals surface area contributed by atoms with Crippen molar-refractivity contribution < 1.29 is 14.7 Å². The van der Waals surface area contributed by atoms with Crippen LogP contribution in [-0.2, 0) is 9.88 Å². The van der Waals surface area contributed by atoms with Crippen LogP contribution in [0.4, 0.5) is 5.69 Å². The second-order valence-electron chi connectivity index (χ2n) is 4.50. The maximum atomic E-state index is 11.8. The van der Waals surface area contributed by atoms with E-state index in [1.165, 1.54) is 0 Å². The van der Waals surface area contributed by atoms with E-state index in [1.807, 2.05) is 36.4 Å². The van der Waals surface area contributed by atoms with Crippen LogP contribution in [0.2, 0.25) is 0 Å². The molecule has 0 aromatic heterocycles. The third-order valence-electron chi connectivity index (χ3n) is 2.69. The second kappa shape index (κ2) is 5.65. The first-order chi connectivity index (χ1) is 9.09. The van der Waals surface area contributed by atoms with Crippen molar-refractivity contribution in [3.63, 3.8) is 0 Å². The van der Waals surface area contributed by atoms with Crippen LogP contribution in [-0.4, -0.2) is 20.1 Å². The molecule has 2 rings (SSSR count). The standard InChI is InChI=1S/C15H16NO3/c1-16(2,14-11-7-4-8-12-14)19-18-15(17)13-9-5-3-6-10-13/h3-12H,1-2H3/q+1. The molecule has 0 radical (unpaired) electrons. The van der Waals surface area contributed by atoms with Crippen molar-refractivity contribution in [1.82, 2.24) is 4.65 Å². The van der Waals surface area contributed by atoms with Crippen molar-refractivity contribution in [2.75, 3.05) is 14.1 Å². The van der Waals surface area contributed by atoms with Gasteiger partial charge in [0.1, 0.15) is 14.1 Å².